The molecule has 7 nitrogen and oxygen atoms in total. The smallest absolute Gasteiger partial charge is 0.194 e. The van der Waals surface area contributed by atoms with Crippen LogP contribution < -0.4 is 5.32 Å². The molecule has 0 radical (unpaired) electrons. The van der Waals surface area contributed by atoms with Crippen LogP contribution in [0.15, 0.2) is 21.8 Å². The Morgan fingerprint density at radius 3 is 2.63 bits per heavy atom. The van der Waals surface area contributed by atoms with Crippen LogP contribution in [-0.2, 0) is 20.1 Å². The van der Waals surface area contributed by atoms with Crippen molar-refractivity contribution in [2.75, 3.05) is 14.1 Å². The zero-order valence-corrected chi connectivity index (χ0v) is 17.8. The molecular formula is C20H34N6O. The van der Waals surface area contributed by atoms with Gasteiger partial charge in [0.05, 0.1) is 17.9 Å². The number of rotatable bonds is 8. The second-order valence-corrected chi connectivity index (χ2v) is 7.36. The summed E-state index contributed by atoms with van der Waals surface area (Å²) in [6, 6.07) is 2.05. The Morgan fingerprint density at radius 1 is 1.33 bits per heavy atom. The first-order chi connectivity index (χ1) is 12.9. The molecule has 0 aliphatic heterocycles. The van der Waals surface area contributed by atoms with Gasteiger partial charge in [-0.3, -0.25) is 9.67 Å². The van der Waals surface area contributed by atoms with Gasteiger partial charge in [-0.25, -0.2) is 0 Å². The average molecular weight is 375 g/mol. The van der Waals surface area contributed by atoms with Crippen molar-refractivity contribution < 1.29 is 4.52 Å². The lowest BCUT2D eigenvalue weighted by molar-refractivity contribution is 0.365. The number of hydrogen-bond donors (Lipinski definition) is 1. The fourth-order valence-electron chi connectivity index (χ4n) is 3.36. The van der Waals surface area contributed by atoms with Crippen LogP contribution in [0.1, 0.15) is 75.1 Å². The number of aromatic nitrogens is 3. The third-order valence-electron chi connectivity index (χ3n) is 4.87. The van der Waals surface area contributed by atoms with Gasteiger partial charge in [-0.15, -0.1) is 0 Å². The van der Waals surface area contributed by atoms with Gasteiger partial charge in [0.25, 0.3) is 0 Å². The number of hydrogen-bond acceptors (Lipinski definition) is 4. The molecule has 0 aliphatic rings. The van der Waals surface area contributed by atoms with E-state index in [0.29, 0.717) is 18.4 Å². The van der Waals surface area contributed by atoms with Crippen molar-refractivity contribution >= 4 is 5.96 Å². The lowest BCUT2D eigenvalue weighted by Crippen LogP contribution is -2.38. The number of aliphatic imine (C=N–C) groups is 1. The Balaban J connectivity index is 1.99. The summed E-state index contributed by atoms with van der Waals surface area (Å²) in [4.78, 5) is 6.50. The molecule has 0 aliphatic carbocycles. The summed E-state index contributed by atoms with van der Waals surface area (Å²) < 4.78 is 7.37. The Kier molecular flexibility index (Phi) is 7.45. The highest BCUT2D eigenvalue weighted by molar-refractivity contribution is 5.79. The highest BCUT2D eigenvalue weighted by Crippen LogP contribution is 2.22. The molecule has 2 aromatic rings. The van der Waals surface area contributed by atoms with Crippen molar-refractivity contribution in [3.8, 4) is 0 Å². The van der Waals surface area contributed by atoms with E-state index in [4.69, 9.17) is 4.52 Å². The van der Waals surface area contributed by atoms with Crippen LogP contribution >= 0.6 is 0 Å². The van der Waals surface area contributed by atoms with E-state index >= 15 is 0 Å². The second kappa shape index (κ2) is 9.58. The monoisotopic (exact) mass is 374 g/mol. The Hall–Kier alpha value is -2.31. The molecule has 2 aromatic heterocycles. The standard InChI is InChI=1S/C20H34N6O/c1-8-15(9-2)18-10-17(27-24-18)11-22-20(21-5)25(6)12-16-13-26(7)23-19(16)14(3)4/h10,13-15H,8-9,11-12H2,1-7H3,(H,21,22). The van der Waals surface area contributed by atoms with Crippen molar-refractivity contribution in [2.24, 2.45) is 12.0 Å². The first-order valence-electron chi connectivity index (χ1n) is 9.79. The van der Waals surface area contributed by atoms with E-state index in [1.165, 1.54) is 5.56 Å². The van der Waals surface area contributed by atoms with Crippen LogP contribution in [0.5, 0.6) is 0 Å². The van der Waals surface area contributed by atoms with E-state index in [-0.39, 0.29) is 0 Å². The lowest BCUT2D eigenvalue weighted by atomic mass is 9.99. The minimum Gasteiger partial charge on any atom is -0.359 e. The van der Waals surface area contributed by atoms with Gasteiger partial charge in [-0.05, 0) is 18.8 Å². The van der Waals surface area contributed by atoms with Crippen LogP contribution in [-0.4, -0.2) is 39.9 Å². The zero-order chi connectivity index (χ0) is 20.0. The van der Waals surface area contributed by atoms with E-state index in [1.54, 1.807) is 7.05 Å². The van der Waals surface area contributed by atoms with Crippen molar-refractivity contribution in [1.29, 1.82) is 0 Å². The SMILES string of the molecule is CCC(CC)c1cc(CNC(=NC)N(C)Cc2cn(C)nc2C(C)C)on1. The number of nitrogens with zero attached hydrogens (tertiary/aromatic N) is 5. The van der Waals surface area contributed by atoms with Gasteiger partial charge in [0.15, 0.2) is 11.7 Å². The lowest BCUT2D eigenvalue weighted by Gasteiger charge is -2.22. The van der Waals surface area contributed by atoms with E-state index in [9.17, 15) is 0 Å². The Morgan fingerprint density at radius 2 is 2.04 bits per heavy atom. The number of aryl methyl sites for hydroxylation is 1. The maximum atomic E-state index is 5.50. The third-order valence-corrected chi connectivity index (χ3v) is 4.87. The summed E-state index contributed by atoms with van der Waals surface area (Å²) in [5, 5.41) is 12.2. The highest BCUT2D eigenvalue weighted by atomic mass is 16.5. The topological polar surface area (TPSA) is 71.5 Å². The van der Waals surface area contributed by atoms with Crippen LogP contribution in [0.25, 0.3) is 0 Å². The minimum absolute atomic E-state index is 0.391. The van der Waals surface area contributed by atoms with Crippen LogP contribution in [0.4, 0.5) is 0 Å². The maximum absolute atomic E-state index is 5.50. The first kappa shape index (κ1) is 21.0. The first-order valence-corrected chi connectivity index (χ1v) is 9.79. The molecular weight excluding hydrogens is 340 g/mol. The van der Waals surface area contributed by atoms with Crippen molar-refractivity contribution in [1.82, 2.24) is 25.2 Å². The summed E-state index contributed by atoms with van der Waals surface area (Å²) in [7, 11) is 5.79. The summed E-state index contributed by atoms with van der Waals surface area (Å²) >= 11 is 0. The molecule has 0 atom stereocenters. The van der Waals surface area contributed by atoms with Gasteiger partial charge in [-0.2, -0.15) is 5.10 Å². The molecule has 0 spiro atoms. The van der Waals surface area contributed by atoms with E-state index in [2.05, 4.69) is 65.4 Å². The molecule has 0 aromatic carbocycles. The van der Waals surface area contributed by atoms with E-state index in [1.807, 2.05) is 18.8 Å². The van der Waals surface area contributed by atoms with E-state index in [0.717, 1.165) is 42.5 Å². The normalized spacial score (nSPS) is 12.3. The van der Waals surface area contributed by atoms with Crippen LogP contribution in [0.3, 0.4) is 0 Å². The number of nitrogens with one attached hydrogen (secondary N) is 1. The van der Waals surface area contributed by atoms with Gasteiger partial charge in [-0.1, -0.05) is 32.9 Å². The Bertz CT molecular complexity index is 741. The summed E-state index contributed by atoms with van der Waals surface area (Å²) in [5.41, 5.74) is 3.38. The molecule has 0 bridgehead atoms. The fourth-order valence-corrected chi connectivity index (χ4v) is 3.36. The second-order valence-electron chi connectivity index (χ2n) is 7.36. The fraction of sp³-hybridized carbons (Fsp3) is 0.650. The molecule has 0 fully saturated rings. The summed E-state index contributed by atoms with van der Waals surface area (Å²) in [6.07, 6.45) is 4.23. The summed E-state index contributed by atoms with van der Waals surface area (Å²) in [5.74, 6) is 2.50. The minimum atomic E-state index is 0.391. The molecule has 7 heteroatoms. The van der Waals surface area contributed by atoms with Gasteiger partial charge in [0.1, 0.15) is 0 Å². The molecule has 2 rings (SSSR count). The van der Waals surface area contributed by atoms with Gasteiger partial charge < -0.3 is 14.7 Å². The number of guanidine groups is 1. The largest absolute Gasteiger partial charge is 0.359 e. The molecule has 0 saturated carbocycles. The third kappa shape index (κ3) is 5.34. The molecule has 27 heavy (non-hydrogen) atoms. The molecule has 150 valence electrons. The quantitative estimate of drug-likeness (QED) is 0.564. The molecule has 0 amide bonds. The molecule has 0 saturated heterocycles. The van der Waals surface area contributed by atoms with Gasteiger partial charge in [0, 0.05) is 51.4 Å². The predicted octanol–water partition coefficient (Wildman–Crippen LogP) is 3.64. The predicted molar refractivity (Wildman–Crippen MR) is 109 cm³/mol. The summed E-state index contributed by atoms with van der Waals surface area (Å²) in [6.45, 7) is 10.0. The highest BCUT2D eigenvalue weighted by Gasteiger charge is 2.16. The van der Waals surface area contributed by atoms with Gasteiger partial charge in [0.2, 0.25) is 0 Å². The van der Waals surface area contributed by atoms with Crippen molar-refractivity contribution in [2.45, 2.75) is 65.5 Å². The van der Waals surface area contributed by atoms with Crippen LogP contribution in [0, 0.1) is 0 Å². The molecule has 0 unspecified atom stereocenters. The van der Waals surface area contributed by atoms with Gasteiger partial charge >= 0.3 is 0 Å². The molecule has 2 heterocycles. The Labute approximate surface area is 162 Å². The van der Waals surface area contributed by atoms with Crippen LogP contribution in [0.2, 0.25) is 0 Å². The van der Waals surface area contributed by atoms with E-state index < -0.39 is 0 Å². The molecule has 1 N–H and O–H groups in total. The maximum Gasteiger partial charge on any atom is 0.194 e. The zero-order valence-electron chi connectivity index (χ0n) is 17.8. The average Bonchev–Trinajstić information content (AvgIpc) is 3.23. The van der Waals surface area contributed by atoms with Crippen molar-refractivity contribution in [3.63, 3.8) is 0 Å². The van der Waals surface area contributed by atoms with Crippen molar-refractivity contribution in [3.05, 3.63) is 35.0 Å².